The Morgan fingerprint density at radius 3 is 2.79 bits per heavy atom. The SMILES string of the molecule is CCC(NC(=O)c1cn(C2CCNCC2)nn1)c1ccc2c(c1)OCCO2.Cl. The van der Waals surface area contributed by atoms with Gasteiger partial charge < -0.3 is 20.1 Å². The first-order valence-corrected chi connectivity index (χ1v) is 9.57. The Labute approximate surface area is 170 Å². The highest BCUT2D eigenvalue weighted by atomic mass is 35.5. The molecule has 2 aromatic rings. The number of hydrogen-bond acceptors (Lipinski definition) is 6. The number of hydrogen-bond donors (Lipinski definition) is 2. The molecule has 3 heterocycles. The van der Waals surface area contributed by atoms with Crippen LogP contribution in [0.25, 0.3) is 0 Å². The molecule has 2 N–H and O–H groups in total. The molecule has 1 fully saturated rings. The third kappa shape index (κ3) is 4.39. The molecule has 9 heteroatoms. The summed E-state index contributed by atoms with van der Waals surface area (Å²) in [7, 11) is 0. The van der Waals surface area contributed by atoms with Crippen LogP contribution in [0.3, 0.4) is 0 Å². The molecule has 0 aliphatic carbocycles. The van der Waals surface area contributed by atoms with Crippen molar-refractivity contribution in [3.63, 3.8) is 0 Å². The lowest BCUT2D eigenvalue weighted by atomic mass is 10.0. The van der Waals surface area contributed by atoms with Crippen molar-refractivity contribution in [1.82, 2.24) is 25.6 Å². The molecule has 0 spiro atoms. The largest absolute Gasteiger partial charge is 0.486 e. The number of benzene rings is 1. The number of carbonyl (C=O) groups is 1. The highest BCUT2D eigenvalue weighted by molar-refractivity contribution is 5.92. The first-order chi connectivity index (χ1) is 13.2. The van der Waals surface area contributed by atoms with Crippen molar-refractivity contribution in [2.24, 2.45) is 0 Å². The number of amides is 1. The van der Waals surface area contributed by atoms with Crippen molar-refractivity contribution in [3.8, 4) is 11.5 Å². The fourth-order valence-electron chi connectivity index (χ4n) is 3.56. The van der Waals surface area contributed by atoms with Crippen molar-refractivity contribution < 1.29 is 14.3 Å². The van der Waals surface area contributed by atoms with Gasteiger partial charge in [-0.1, -0.05) is 18.2 Å². The summed E-state index contributed by atoms with van der Waals surface area (Å²) in [6, 6.07) is 5.98. The summed E-state index contributed by atoms with van der Waals surface area (Å²) in [5.41, 5.74) is 1.34. The third-order valence-corrected chi connectivity index (χ3v) is 5.11. The lowest BCUT2D eigenvalue weighted by molar-refractivity contribution is 0.0930. The summed E-state index contributed by atoms with van der Waals surface area (Å²) >= 11 is 0. The maximum absolute atomic E-state index is 12.7. The molecule has 4 rings (SSSR count). The molecule has 0 radical (unpaired) electrons. The smallest absolute Gasteiger partial charge is 0.273 e. The van der Waals surface area contributed by atoms with E-state index in [9.17, 15) is 4.79 Å². The van der Waals surface area contributed by atoms with Gasteiger partial charge in [0.25, 0.3) is 5.91 Å². The van der Waals surface area contributed by atoms with E-state index in [1.807, 2.05) is 29.8 Å². The second kappa shape index (κ2) is 9.25. The predicted molar refractivity (Wildman–Crippen MR) is 106 cm³/mol. The van der Waals surface area contributed by atoms with Gasteiger partial charge in [0.2, 0.25) is 0 Å². The highest BCUT2D eigenvalue weighted by Crippen LogP contribution is 2.33. The van der Waals surface area contributed by atoms with Crippen LogP contribution in [0.2, 0.25) is 0 Å². The van der Waals surface area contributed by atoms with Crippen molar-refractivity contribution in [3.05, 3.63) is 35.7 Å². The van der Waals surface area contributed by atoms with Crippen molar-refractivity contribution in [2.45, 2.75) is 38.3 Å². The Morgan fingerprint density at radius 2 is 2.04 bits per heavy atom. The minimum Gasteiger partial charge on any atom is -0.486 e. The molecule has 8 nitrogen and oxygen atoms in total. The molecule has 0 bridgehead atoms. The summed E-state index contributed by atoms with van der Waals surface area (Å²) in [6.07, 6.45) is 4.51. The van der Waals surface area contributed by atoms with E-state index in [2.05, 4.69) is 20.9 Å². The number of ether oxygens (including phenoxy) is 2. The molecular formula is C19H26ClN5O3. The lowest BCUT2D eigenvalue weighted by Gasteiger charge is -2.22. The first-order valence-electron chi connectivity index (χ1n) is 9.57. The number of aromatic nitrogens is 3. The quantitative estimate of drug-likeness (QED) is 0.790. The Morgan fingerprint density at radius 1 is 1.29 bits per heavy atom. The van der Waals surface area contributed by atoms with E-state index in [1.54, 1.807) is 6.20 Å². The summed E-state index contributed by atoms with van der Waals surface area (Å²) in [4.78, 5) is 12.7. The number of halogens is 1. The van der Waals surface area contributed by atoms with Crippen LogP contribution in [0.5, 0.6) is 11.5 Å². The zero-order chi connectivity index (χ0) is 18.6. The second-order valence-corrected chi connectivity index (χ2v) is 6.90. The predicted octanol–water partition coefficient (Wildman–Crippen LogP) is 2.28. The number of carbonyl (C=O) groups excluding carboxylic acids is 1. The molecule has 1 unspecified atom stereocenters. The summed E-state index contributed by atoms with van der Waals surface area (Å²) in [5.74, 6) is 1.26. The number of nitrogens with one attached hydrogen (secondary N) is 2. The van der Waals surface area contributed by atoms with Crippen LogP contribution in [0.1, 0.15) is 54.3 Å². The molecule has 28 heavy (non-hydrogen) atoms. The third-order valence-electron chi connectivity index (χ3n) is 5.11. The summed E-state index contributed by atoms with van der Waals surface area (Å²) < 4.78 is 13.0. The van der Waals surface area contributed by atoms with E-state index >= 15 is 0 Å². The van der Waals surface area contributed by atoms with Crippen molar-refractivity contribution >= 4 is 18.3 Å². The lowest BCUT2D eigenvalue weighted by Crippen LogP contribution is -2.30. The minimum absolute atomic E-state index is 0. The van der Waals surface area contributed by atoms with E-state index in [-0.39, 0.29) is 24.4 Å². The number of fused-ring (bicyclic) bond motifs is 1. The molecule has 0 saturated carbocycles. The second-order valence-electron chi connectivity index (χ2n) is 6.90. The van der Waals surface area contributed by atoms with Gasteiger partial charge in [0.05, 0.1) is 18.3 Å². The monoisotopic (exact) mass is 407 g/mol. The molecule has 152 valence electrons. The van der Waals surface area contributed by atoms with Crippen molar-refractivity contribution in [2.75, 3.05) is 26.3 Å². The Kier molecular flexibility index (Phi) is 6.74. The van der Waals surface area contributed by atoms with Gasteiger partial charge >= 0.3 is 0 Å². The normalized spacial score (nSPS) is 17.5. The first kappa shape index (κ1) is 20.4. The number of nitrogens with zero attached hydrogens (tertiary/aromatic N) is 3. The van der Waals surface area contributed by atoms with E-state index < -0.39 is 0 Å². The van der Waals surface area contributed by atoms with Gasteiger partial charge in [-0.2, -0.15) is 0 Å². The maximum atomic E-state index is 12.7. The van der Waals surface area contributed by atoms with Crippen LogP contribution in [0, 0.1) is 0 Å². The van der Waals surface area contributed by atoms with E-state index in [0.717, 1.165) is 49.4 Å². The van der Waals surface area contributed by atoms with Crippen LogP contribution < -0.4 is 20.1 Å². The van der Waals surface area contributed by atoms with Gasteiger partial charge in [-0.05, 0) is 50.0 Å². The van der Waals surface area contributed by atoms with Crippen LogP contribution in [-0.4, -0.2) is 47.2 Å². The molecule has 1 aromatic carbocycles. The molecule has 1 saturated heterocycles. The average molecular weight is 408 g/mol. The fourth-order valence-corrected chi connectivity index (χ4v) is 3.56. The summed E-state index contributed by atoms with van der Waals surface area (Å²) in [5, 5.41) is 14.6. The van der Waals surface area contributed by atoms with Crippen molar-refractivity contribution in [1.29, 1.82) is 0 Å². The molecule has 2 aliphatic rings. The molecule has 2 aliphatic heterocycles. The molecular weight excluding hydrogens is 382 g/mol. The van der Waals surface area contributed by atoms with E-state index in [4.69, 9.17) is 9.47 Å². The van der Waals surface area contributed by atoms with E-state index in [1.165, 1.54) is 0 Å². The average Bonchev–Trinajstić information content (AvgIpc) is 3.22. The number of piperidine rings is 1. The van der Waals surface area contributed by atoms with Crippen LogP contribution in [0.15, 0.2) is 24.4 Å². The van der Waals surface area contributed by atoms with Crippen LogP contribution in [-0.2, 0) is 0 Å². The Bertz CT molecular complexity index is 807. The molecule has 1 amide bonds. The minimum atomic E-state index is -0.211. The zero-order valence-electron chi connectivity index (χ0n) is 15.9. The standard InChI is InChI=1S/C19H25N5O3.ClH/c1-2-15(13-3-4-17-18(11-13)27-10-9-26-17)21-19(25)16-12-24(23-22-16)14-5-7-20-8-6-14;/h3-4,11-12,14-15,20H,2,5-10H2,1H3,(H,21,25);1H. The van der Waals surface area contributed by atoms with E-state index in [0.29, 0.717) is 24.9 Å². The van der Waals surface area contributed by atoms with Crippen LogP contribution in [0.4, 0.5) is 0 Å². The fraction of sp³-hybridized carbons (Fsp3) is 0.526. The zero-order valence-corrected chi connectivity index (χ0v) is 16.7. The Hall–Kier alpha value is -2.32. The topological polar surface area (TPSA) is 90.3 Å². The van der Waals surface area contributed by atoms with Crippen LogP contribution >= 0.6 is 12.4 Å². The molecule has 1 aromatic heterocycles. The van der Waals surface area contributed by atoms with Gasteiger partial charge in [-0.25, -0.2) is 4.68 Å². The van der Waals surface area contributed by atoms with Gasteiger partial charge in [0.15, 0.2) is 17.2 Å². The van der Waals surface area contributed by atoms with Gasteiger partial charge in [0, 0.05) is 0 Å². The van der Waals surface area contributed by atoms with Gasteiger partial charge in [-0.3, -0.25) is 4.79 Å². The maximum Gasteiger partial charge on any atom is 0.273 e. The molecule has 1 atom stereocenters. The summed E-state index contributed by atoms with van der Waals surface area (Å²) in [6.45, 7) is 5.07. The highest BCUT2D eigenvalue weighted by Gasteiger charge is 2.22. The number of rotatable bonds is 5. The van der Waals surface area contributed by atoms with Gasteiger partial charge in [0.1, 0.15) is 13.2 Å². The Balaban J connectivity index is 0.00000225. The van der Waals surface area contributed by atoms with Gasteiger partial charge in [-0.15, -0.1) is 17.5 Å².